The first-order valence-corrected chi connectivity index (χ1v) is 9.61. The Morgan fingerprint density at radius 1 is 1.00 bits per heavy atom. The van der Waals surface area contributed by atoms with Crippen LogP contribution in [0, 0.1) is 5.41 Å². The highest BCUT2D eigenvalue weighted by atomic mass is 31.1. The Morgan fingerprint density at radius 2 is 1.54 bits per heavy atom. The van der Waals surface area contributed by atoms with Crippen LogP contribution in [0.4, 0.5) is 13.2 Å². The Kier molecular flexibility index (Phi) is 2.95. The van der Waals surface area contributed by atoms with Gasteiger partial charge in [-0.05, 0) is 53.6 Å². The monoisotopic (exact) mass is 353 g/mol. The van der Waals surface area contributed by atoms with Crippen LogP contribution in [0.25, 0.3) is 0 Å². The van der Waals surface area contributed by atoms with Gasteiger partial charge in [0, 0.05) is 21.8 Å². The fourth-order valence-electron chi connectivity index (χ4n) is 5.96. The molecule has 2 aliphatic heterocycles. The average molecular weight is 353 g/mol. The van der Waals surface area contributed by atoms with Crippen LogP contribution >= 0.6 is 8.07 Å². The van der Waals surface area contributed by atoms with E-state index in [0.29, 0.717) is 0 Å². The summed E-state index contributed by atoms with van der Waals surface area (Å²) < 4.78 is 41.1. The third kappa shape index (κ3) is 1.44. The number of allylic oxidation sites excluding steroid dienone is 1. The molecule has 0 N–H and O–H groups in total. The fourth-order valence-corrected chi connectivity index (χ4v) is 10.7. The highest BCUT2D eigenvalue weighted by Gasteiger charge is 2.89. The number of nitrogens with zero attached hydrogens (tertiary/aromatic N) is 1. The lowest BCUT2D eigenvalue weighted by Crippen LogP contribution is -2.40. The predicted molar refractivity (Wildman–Crippen MR) is 92.2 cm³/mol. The van der Waals surface area contributed by atoms with Crippen molar-refractivity contribution in [1.82, 2.24) is 4.67 Å². The quantitative estimate of drug-likeness (QED) is 0.444. The normalized spacial score (nSPS) is 44.2. The van der Waals surface area contributed by atoms with Crippen LogP contribution in [0.2, 0.25) is 0 Å². The van der Waals surface area contributed by atoms with E-state index in [4.69, 9.17) is 0 Å². The van der Waals surface area contributed by atoms with E-state index in [-0.39, 0.29) is 29.8 Å². The van der Waals surface area contributed by atoms with Gasteiger partial charge in [0.05, 0.1) is 5.56 Å². The third-order valence-corrected chi connectivity index (χ3v) is 11.6. The molecule has 4 unspecified atom stereocenters. The molecule has 1 nitrogen and oxygen atoms in total. The molecule has 130 valence electrons. The molecule has 0 spiro atoms. The van der Waals surface area contributed by atoms with Crippen molar-refractivity contribution in [2.45, 2.75) is 57.1 Å². The molecule has 5 heteroatoms. The largest absolute Gasteiger partial charge is 0.416 e. The summed E-state index contributed by atoms with van der Waals surface area (Å²) in [6.07, 6.45) is -4.28. The molecule has 1 aliphatic carbocycles. The highest BCUT2D eigenvalue weighted by molar-refractivity contribution is 7.68. The van der Waals surface area contributed by atoms with Crippen LogP contribution in [0.1, 0.15) is 51.8 Å². The van der Waals surface area contributed by atoms with Crippen molar-refractivity contribution in [3.63, 3.8) is 0 Å². The van der Waals surface area contributed by atoms with E-state index in [9.17, 15) is 13.2 Å². The highest BCUT2D eigenvalue weighted by Crippen LogP contribution is 3.01. The zero-order valence-electron chi connectivity index (χ0n) is 14.9. The lowest BCUT2D eigenvalue weighted by molar-refractivity contribution is -0.137. The van der Waals surface area contributed by atoms with Gasteiger partial charge in [-0.3, -0.25) is 4.67 Å². The fraction of sp³-hybridized carbons (Fsp3) is 0.579. The minimum absolute atomic E-state index is 0.00790. The maximum absolute atomic E-state index is 12.9. The van der Waals surface area contributed by atoms with E-state index >= 15 is 0 Å². The van der Waals surface area contributed by atoms with E-state index in [1.54, 1.807) is 12.1 Å². The molecule has 3 aliphatic rings. The summed E-state index contributed by atoms with van der Waals surface area (Å²) in [6, 6.07) is 5.97. The molecule has 2 fully saturated rings. The van der Waals surface area contributed by atoms with Crippen molar-refractivity contribution in [2.24, 2.45) is 5.41 Å². The zero-order valence-corrected chi connectivity index (χ0v) is 15.8. The lowest BCUT2D eigenvalue weighted by Gasteiger charge is -2.40. The number of fused-ring (bicyclic) bond motifs is 1. The Balaban J connectivity index is 1.81. The molecule has 0 saturated carbocycles. The van der Waals surface area contributed by atoms with Crippen molar-refractivity contribution in [3.8, 4) is 0 Å². The van der Waals surface area contributed by atoms with Crippen molar-refractivity contribution >= 4 is 8.07 Å². The summed E-state index contributed by atoms with van der Waals surface area (Å²) in [5, 5.41) is 0.490. The van der Waals surface area contributed by atoms with E-state index in [1.807, 2.05) is 0 Å². The van der Waals surface area contributed by atoms with Crippen LogP contribution in [0.5, 0.6) is 0 Å². The van der Waals surface area contributed by atoms with Crippen molar-refractivity contribution in [3.05, 3.63) is 46.5 Å². The Bertz CT molecular complexity index is 768. The molecule has 0 bridgehead atoms. The molecule has 0 aromatic heterocycles. The summed E-state index contributed by atoms with van der Waals surface area (Å²) in [5.74, 6) is 0. The van der Waals surface area contributed by atoms with E-state index < -0.39 is 11.7 Å². The van der Waals surface area contributed by atoms with Gasteiger partial charge in [-0.25, -0.2) is 0 Å². The van der Waals surface area contributed by atoms with Gasteiger partial charge in [0.2, 0.25) is 0 Å². The second kappa shape index (κ2) is 4.27. The van der Waals surface area contributed by atoms with E-state index in [1.165, 1.54) is 23.3 Å². The van der Waals surface area contributed by atoms with Gasteiger partial charge in [0.25, 0.3) is 0 Å². The van der Waals surface area contributed by atoms with Gasteiger partial charge in [0.15, 0.2) is 0 Å². The molecule has 2 heterocycles. The Labute approximate surface area is 142 Å². The molecule has 2 saturated heterocycles. The average Bonchev–Trinajstić information content (AvgIpc) is 2.93. The molecule has 1 aromatic carbocycles. The van der Waals surface area contributed by atoms with Gasteiger partial charge < -0.3 is 0 Å². The maximum Gasteiger partial charge on any atom is 0.416 e. The Hall–Kier alpha value is -0.860. The summed E-state index contributed by atoms with van der Waals surface area (Å²) in [6.45, 7) is 11.6. The van der Waals surface area contributed by atoms with E-state index in [0.717, 1.165) is 5.56 Å². The van der Waals surface area contributed by atoms with E-state index in [2.05, 4.69) is 46.3 Å². The van der Waals surface area contributed by atoms with Gasteiger partial charge >= 0.3 is 6.18 Å². The van der Waals surface area contributed by atoms with Crippen LogP contribution in [-0.4, -0.2) is 22.0 Å². The second-order valence-corrected chi connectivity index (χ2v) is 11.0. The van der Waals surface area contributed by atoms with Gasteiger partial charge in [-0.15, -0.1) is 0 Å². The molecule has 0 radical (unpaired) electrons. The molecular formula is C19H23F3NP. The molecular weight excluding hydrogens is 330 g/mol. The number of hydrogen-bond donors (Lipinski definition) is 0. The number of hydrogen-bond acceptors (Lipinski definition) is 1. The topological polar surface area (TPSA) is 3.24 Å². The number of alkyl halides is 3. The maximum atomic E-state index is 12.9. The van der Waals surface area contributed by atoms with Crippen LogP contribution in [0.15, 0.2) is 35.4 Å². The summed E-state index contributed by atoms with van der Waals surface area (Å²) in [5.41, 5.74) is 3.35. The second-order valence-electron chi connectivity index (χ2n) is 8.00. The summed E-state index contributed by atoms with van der Waals surface area (Å²) in [4.78, 5) is 0. The standard InChI is InChI=1S/C19H23F3NP/c1-11-12(2)17(4)18(5)16(11,3)15(23(6)24(17)18)13-7-9-14(10-8-13)19(20,21)22/h7-10,15H,1-6H3/t15-,16?,17?,18?,24?/m1/s1. The summed E-state index contributed by atoms with van der Waals surface area (Å²) >= 11 is 0. The number of rotatable bonds is 1. The molecule has 4 rings (SSSR count). The molecule has 24 heavy (non-hydrogen) atoms. The molecule has 5 atom stereocenters. The SMILES string of the molecule is CC1=C(C)C2(C)P3N(C)[C@H](c4ccc(C(F)(F)F)cc4)C1(C)C32C. The third-order valence-electron chi connectivity index (χ3n) is 7.62. The minimum Gasteiger partial charge on any atom is -0.276 e. The predicted octanol–water partition coefficient (Wildman–Crippen LogP) is 5.98. The molecule has 0 amide bonds. The smallest absolute Gasteiger partial charge is 0.276 e. The van der Waals surface area contributed by atoms with Gasteiger partial charge in [-0.2, -0.15) is 13.2 Å². The van der Waals surface area contributed by atoms with Gasteiger partial charge in [0.1, 0.15) is 0 Å². The Morgan fingerprint density at radius 3 is 2.04 bits per heavy atom. The van der Waals surface area contributed by atoms with Crippen molar-refractivity contribution in [2.75, 3.05) is 7.05 Å². The van der Waals surface area contributed by atoms with Crippen LogP contribution in [0.3, 0.4) is 0 Å². The zero-order chi connectivity index (χ0) is 17.9. The minimum atomic E-state index is -4.28. The lowest BCUT2D eigenvalue weighted by atomic mass is 9.67. The van der Waals surface area contributed by atoms with Crippen LogP contribution < -0.4 is 0 Å². The first kappa shape index (κ1) is 16.6. The summed E-state index contributed by atoms with van der Waals surface area (Å²) in [7, 11) is 1.87. The molecule has 1 aromatic rings. The van der Waals surface area contributed by atoms with Crippen molar-refractivity contribution in [1.29, 1.82) is 0 Å². The van der Waals surface area contributed by atoms with Crippen molar-refractivity contribution < 1.29 is 13.2 Å². The number of benzene rings is 1. The van der Waals surface area contributed by atoms with Crippen LogP contribution in [-0.2, 0) is 6.18 Å². The first-order valence-electron chi connectivity index (χ1n) is 8.32. The van der Waals surface area contributed by atoms with Gasteiger partial charge in [-0.1, -0.05) is 37.1 Å². The first-order chi connectivity index (χ1) is 10.9. The number of halogens is 3.